The van der Waals surface area contributed by atoms with Gasteiger partial charge in [0, 0.05) is 12.8 Å². The van der Waals surface area contributed by atoms with Gasteiger partial charge in [-0.25, -0.2) is 9.97 Å². The molecule has 18 rings (SSSR count). The number of imidazole rings is 2. The Morgan fingerprint density at radius 2 is 0.614 bits per heavy atom. The lowest BCUT2D eigenvalue weighted by molar-refractivity contribution is -0.170. The zero-order chi connectivity index (χ0) is 90.9. The van der Waals surface area contributed by atoms with Crippen LogP contribution in [0, 0.1) is 36.8 Å². The fourth-order valence-electron chi connectivity index (χ4n) is 18.2. The van der Waals surface area contributed by atoms with Gasteiger partial charge in [-0.15, -0.1) is 12.8 Å². The van der Waals surface area contributed by atoms with Gasteiger partial charge in [0.05, 0.1) is 53.9 Å². The third-order valence-electron chi connectivity index (χ3n) is 24.7. The molecular formula is C108H90F2N10O12. The molecule has 132 heavy (non-hydrogen) atoms. The van der Waals surface area contributed by atoms with Crippen molar-refractivity contribution in [3.05, 3.63) is 431 Å². The maximum atomic E-state index is 17.0. The molecule has 22 nitrogen and oxygen atoms in total. The van der Waals surface area contributed by atoms with E-state index >= 15 is 8.78 Å². The van der Waals surface area contributed by atoms with Crippen molar-refractivity contribution >= 4 is 45.9 Å². The van der Waals surface area contributed by atoms with E-state index in [9.17, 15) is 9.59 Å². The summed E-state index contributed by atoms with van der Waals surface area (Å²) in [6.07, 6.45) is 8.41. The van der Waals surface area contributed by atoms with E-state index in [1.165, 1.54) is 12.7 Å². The smallest absolute Gasteiger partial charge is 0.312 e. The molecule has 0 amide bonds. The number of aromatic nitrogens is 8. The molecule has 6 atom stereocenters. The number of nitrogens with zero attached hydrogens (tertiary/aromatic N) is 8. The van der Waals surface area contributed by atoms with E-state index in [0.717, 1.165) is 33.4 Å². The molecule has 0 aliphatic carbocycles. The summed E-state index contributed by atoms with van der Waals surface area (Å²) < 4.78 is 102. The zero-order valence-corrected chi connectivity index (χ0v) is 72.4. The van der Waals surface area contributed by atoms with Crippen molar-refractivity contribution in [2.75, 3.05) is 52.3 Å². The van der Waals surface area contributed by atoms with Crippen LogP contribution in [-0.2, 0) is 60.3 Å². The molecule has 0 radical (unpaired) electrons. The van der Waals surface area contributed by atoms with Crippen LogP contribution < -0.4 is 29.6 Å². The number of carbonyl (C=O) groups excluding carboxylic acids is 2. The number of ether oxygens (including phenoxy) is 10. The summed E-state index contributed by atoms with van der Waals surface area (Å²) in [6.45, 7) is -1.32. The summed E-state index contributed by atoms with van der Waals surface area (Å²) in [6, 6.07) is 107. The molecule has 2 N–H and O–H groups in total. The molecule has 2 saturated heterocycles. The van der Waals surface area contributed by atoms with Crippen molar-refractivity contribution in [1.82, 2.24) is 39.0 Å². The van der Waals surface area contributed by atoms with Crippen molar-refractivity contribution in [3.63, 3.8) is 0 Å². The highest BCUT2D eigenvalue weighted by Crippen LogP contribution is 2.53. The number of methoxy groups -OCH3 is 4. The van der Waals surface area contributed by atoms with Crippen LogP contribution in [0.5, 0.6) is 23.0 Å². The van der Waals surface area contributed by atoms with Crippen molar-refractivity contribution < 1.29 is 65.7 Å². The monoisotopic (exact) mass is 1760 g/mol. The second-order valence-electron chi connectivity index (χ2n) is 32.0. The van der Waals surface area contributed by atoms with E-state index < -0.39 is 108 Å². The van der Waals surface area contributed by atoms with Gasteiger partial charge in [-0.1, -0.05) is 303 Å². The van der Waals surface area contributed by atoms with Crippen LogP contribution in [0.15, 0.2) is 352 Å². The predicted molar refractivity (Wildman–Crippen MR) is 494 cm³/mol. The topological polar surface area (TPSA) is 238 Å². The Hall–Kier alpha value is -15.7. The average Bonchev–Trinajstić information content (AvgIpc) is 1.56. The number of nitrogens with one attached hydrogen (secondary N) is 2. The highest BCUT2D eigenvalue weighted by molar-refractivity contribution is 5.86. The third-order valence-corrected chi connectivity index (χ3v) is 24.7. The van der Waals surface area contributed by atoms with Crippen LogP contribution in [-0.4, -0.2) is 116 Å². The lowest BCUT2D eigenvalue weighted by Gasteiger charge is -2.41. The quantitative estimate of drug-likeness (QED) is 0.0168. The first-order valence-corrected chi connectivity index (χ1v) is 43.0. The van der Waals surface area contributed by atoms with Crippen LogP contribution in [0.25, 0.3) is 22.3 Å². The molecule has 24 heteroatoms. The van der Waals surface area contributed by atoms with Gasteiger partial charge in [0.1, 0.15) is 83.2 Å². The fraction of sp³-hybridized carbons (Fsp3) is 0.185. The number of hydrogen-bond donors (Lipinski definition) is 2. The SMILES string of the molecule is C#C[C@]1(COC(=O)CCC(=O)OC[C@@]2(C#C)O[C@@H](n3cnc4c(NC(c5ccccc5)(c5ccccc5)c5ccc(OC)cc5)nc(F)nc43)C[C@@H]2OC(c2ccccc2)(c2ccccc2)c2ccc(OC)cc2)O[C@@H](n2cnc3c(NC(c4ccccc4)(c4ccccc4)c4ccc(OC)cc4)nc(F)nc32)C[C@@H]1OC(c1ccccc1)(c1ccccc1)c1ccc(OC)cc1. The van der Waals surface area contributed by atoms with Crippen LogP contribution in [0.4, 0.5) is 20.4 Å². The molecular weight excluding hydrogens is 1670 g/mol. The zero-order valence-electron chi connectivity index (χ0n) is 72.4. The largest absolute Gasteiger partial charge is 0.497 e. The Morgan fingerprint density at radius 1 is 0.371 bits per heavy atom. The van der Waals surface area contributed by atoms with Crippen LogP contribution >= 0.6 is 0 Å². The van der Waals surface area contributed by atoms with E-state index in [1.807, 2.05) is 340 Å². The molecule has 2 aliphatic heterocycles. The summed E-state index contributed by atoms with van der Waals surface area (Å²) >= 11 is 0. The predicted octanol–water partition coefficient (Wildman–Crippen LogP) is 19.0. The Kier molecular flexibility index (Phi) is 24.7. The average molecular weight is 1760 g/mol. The van der Waals surface area contributed by atoms with Gasteiger partial charge in [0.2, 0.25) is 0 Å². The van der Waals surface area contributed by atoms with Gasteiger partial charge in [-0.2, -0.15) is 28.7 Å². The molecule has 0 unspecified atom stereocenters. The minimum atomic E-state index is -2.00. The first kappa shape index (κ1) is 87.0. The minimum Gasteiger partial charge on any atom is -0.497 e. The maximum absolute atomic E-state index is 17.0. The third kappa shape index (κ3) is 16.4. The first-order valence-electron chi connectivity index (χ1n) is 43.0. The molecule has 12 aromatic carbocycles. The van der Waals surface area contributed by atoms with E-state index in [-0.39, 0.29) is 46.8 Å². The number of hydrogen-bond acceptors (Lipinski definition) is 20. The van der Waals surface area contributed by atoms with Crippen molar-refractivity contribution in [2.24, 2.45) is 0 Å². The molecule has 0 saturated carbocycles. The fourth-order valence-corrected chi connectivity index (χ4v) is 18.2. The summed E-state index contributed by atoms with van der Waals surface area (Å²) in [7, 11) is 6.34. The molecule has 2 aliphatic rings. The van der Waals surface area contributed by atoms with Gasteiger partial charge in [0.15, 0.2) is 45.2 Å². The number of carbonyl (C=O) groups is 2. The van der Waals surface area contributed by atoms with Gasteiger partial charge in [-0.3, -0.25) is 18.7 Å². The lowest BCUT2D eigenvalue weighted by atomic mass is 9.77. The highest BCUT2D eigenvalue weighted by atomic mass is 19.1. The van der Waals surface area contributed by atoms with Crippen LogP contribution in [0.1, 0.15) is 105 Å². The van der Waals surface area contributed by atoms with Gasteiger partial charge < -0.3 is 58.0 Å². The summed E-state index contributed by atoms with van der Waals surface area (Å²) in [4.78, 5) is 57.6. The normalized spacial score (nSPS) is 17.3. The number of rotatable bonds is 33. The van der Waals surface area contributed by atoms with E-state index in [2.05, 4.69) is 42.4 Å². The highest BCUT2D eigenvalue weighted by Gasteiger charge is 2.58. The Balaban J connectivity index is 0.681. The summed E-state index contributed by atoms with van der Waals surface area (Å²) in [5, 5.41) is 7.38. The molecule has 6 heterocycles. The number of terminal acetylenes is 2. The van der Waals surface area contributed by atoms with Crippen LogP contribution in [0.3, 0.4) is 0 Å². The number of anilines is 2. The Morgan fingerprint density at radius 3 is 0.871 bits per heavy atom. The number of fused-ring (bicyclic) bond motifs is 2. The van der Waals surface area contributed by atoms with Crippen molar-refractivity contribution in [1.29, 1.82) is 0 Å². The number of benzene rings is 12. The Bertz CT molecular complexity index is 6220. The molecule has 0 bridgehead atoms. The maximum Gasteiger partial charge on any atom is 0.312 e. The summed E-state index contributed by atoms with van der Waals surface area (Å²) in [5.74, 6) is 6.46. The Labute approximate surface area is 761 Å². The molecule has 658 valence electrons. The van der Waals surface area contributed by atoms with E-state index in [4.69, 9.17) is 70.2 Å². The first-order chi connectivity index (χ1) is 64.6. The van der Waals surface area contributed by atoms with Gasteiger partial charge >= 0.3 is 24.1 Å². The lowest BCUT2D eigenvalue weighted by Crippen LogP contribution is -2.49. The van der Waals surface area contributed by atoms with Gasteiger partial charge in [-0.05, 0) is 115 Å². The molecule has 2 fully saturated rings. The second-order valence-corrected chi connectivity index (χ2v) is 32.0. The van der Waals surface area contributed by atoms with Crippen molar-refractivity contribution in [2.45, 2.75) is 83.8 Å². The molecule has 4 aromatic heterocycles. The summed E-state index contributed by atoms with van der Waals surface area (Å²) in [5.41, 5.74) is -0.406. The van der Waals surface area contributed by atoms with E-state index in [0.29, 0.717) is 56.4 Å². The van der Waals surface area contributed by atoms with Crippen LogP contribution in [0.2, 0.25) is 0 Å². The molecule has 0 spiro atoms. The van der Waals surface area contributed by atoms with E-state index in [1.54, 1.807) is 37.6 Å². The second kappa shape index (κ2) is 37.5. The molecule has 16 aromatic rings. The minimum absolute atomic E-state index is 0.0138. The standard InChI is InChI=1S/C108H90F2N10O12/c1-7-103(89(129-107(79-41-25-13-26-42-79,80-43-27-14-28-44-80)83-53-61-87(125-5)62-54-83)67-91(131-103)119-71-111-95-97(113-101(109)115-99(95)119)117-105(73-33-17-9-18-34-73,74-35-19-10-20-36-74)77-49-57-85(123-3)58-50-77)69-127-93(121)65-66-94(122)128-70-104(8-2)90(130-108(81-45-29-15-30-46-81,82-47-31-16-32-48-82)84-55-63-88(126-6)64-56-84)68-92(132-104)120-72-112-96-98(114-102(110)116-100(96)120)118-106(75-37-21-11-22-38-75,76-39-23-12-24-40-76)78-51-59-86(124-4)60-52-78/h1-2,9-64,71-72,89-92H,65-70H2,3-6H3,(H,113,115,117)(H,114,116,118)/t89-,90-,91+,92+,103+,104+/m0/s1. The van der Waals surface area contributed by atoms with Crippen molar-refractivity contribution in [3.8, 4) is 47.7 Å². The number of esters is 2. The number of halogens is 2. The van der Waals surface area contributed by atoms with Gasteiger partial charge in [0.25, 0.3) is 0 Å².